The maximum absolute atomic E-state index is 6.22. The van der Waals surface area contributed by atoms with Crippen molar-refractivity contribution < 1.29 is 9.47 Å². The second kappa shape index (κ2) is 4.08. The summed E-state index contributed by atoms with van der Waals surface area (Å²) in [5.74, 6) is 0.601. The zero-order valence-corrected chi connectivity index (χ0v) is 13.1. The number of methoxy groups -OCH3 is 1. The molecule has 2 fully saturated rings. The van der Waals surface area contributed by atoms with Crippen molar-refractivity contribution in [3.63, 3.8) is 0 Å². The smallest absolute Gasteiger partial charge is 0.158 e. The minimum absolute atomic E-state index is 0.00962. The van der Waals surface area contributed by atoms with Gasteiger partial charge in [0.2, 0.25) is 0 Å². The van der Waals surface area contributed by atoms with E-state index < -0.39 is 0 Å². The Kier molecular flexibility index (Phi) is 2.93. The van der Waals surface area contributed by atoms with Gasteiger partial charge in [-0.15, -0.1) is 0 Å². The molecule has 0 radical (unpaired) electrons. The minimum Gasteiger partial charge on any atom is -0.356 e. The van der Waals surface area contributed by atoms with Gasteiger partial charge in [-0.1, -0.05) is 38.8 Å². The van der Waals surface area contributed by atoms with Crippen LogP contribution in [-0.4, -0.2) is 19.0 Å². The van der Waals surface area contributed by atoms with Crippen LogP contribution in [0.2, 0.25) is 0 Å². The molecule has 3 aliphatic rings. The van der Waals surface area contributed by atoms with Gasteiger partial charge < -0.3 is 9.47 Å². The number of hydrogen-bond acceptors (Lipinski definition) is 2. The lowest BCUT2D eigenvalue weighted by atomic mass is 9.50. The fourth-order valence-corrected chi connectivity index (χ4v) is 5.26. The average Bonchev–Trinajstić information content (AvgIpc) is 2.66. The Bertz CT molecular complexity index is 411. The van der Waals surface area contributed by atoms with E-state index in [1.54, 1.807) is 12.7 Å². The summed E-state index contributed by atoms with van der Waals surface area (Å²) in [6.45, 7) is 9.60. The van der Waals surface area contributed by atoms with Crippen LogP contribution in [0.5, 0.6) is 0 Å². The van der Waals surface area contributed by atoms with E-state index in [0.717, 1.165) is 12.8 Å². The molecule has 1 aliphatic heterocycles. The minimum atomic E-state index is -0.0215. The van der Waals surface area contributed by atoms with Gasteiger partial charge in [0.15, 0.2) is 6.29 Å². The molecule has 1 heterocycles. The summed E-state index contributed by atoms with van der Waals surface area (Å²) < 4.78 is 11.7. The summed E-state index contributed by atoms with van der Waals surface area (Å²) in [5, 5.41) is 0. The van der Waals surface area contributed by atoms with Crippen molar-refractivity contribution in [3.05, 3.63) is 11.6 Å². The number of rotatable bonds is 1. The van der Waals surface area contributed by atoms with Crippen LogP contribution < -0.4 is 0 Å². The summed E-state index contributed by atoms with van der Waals surface area (Å²) in [7, 11) is 1.77. The van der Waals surface area contributed by atoms with Crippen molar-refractivity contribution >= 4 is 0 Å². The van der Waals surface area contributed by atoms with E-state index in [4.69, 9.17) is 9.47 Å². The van der Waals surface area contributed by atoms with E-state index in [0.29, 0.717) is 16.7 Å². The molecule has 1 unspecified atom stereocenters. The van der Waals surface area contributed by atoms with Crippen LogP contribution in [0.3, 0.4) is 0 Å². The predicted octanol–water partition coefficient (Wildman–Crippen LogP) is 4.30. The third-order valence-electron chi connectivity index (χ3n) is 6.15. The second-order valence-electron chi connectivity index (χ2n) is 7.86. The van der Waals surface area contributed by atoms with Gasteiger partial charge in [-0.25, -0.2) is 0 Å². The first-order valence-electron chi connectivity index (χ1n) is 7.74. The van der Waals surface area contributed by atoms with Crippen LogP contribution >= 0.6 is 0 Å². The highest BCUT2D eigenvalue weighted by Gasteiger charge is 2.59. The summed E-state index contributed by atoms with van der Waals surface area (Å²) in [6, 6.07) is 0. The van der Waals surface area contributed by atoms with Crippen molar-refractivity contribution in [1.29, 1.82) is 0 Å². The molecule has 1 saturated carbocycles. The van der Waals surface area contributed by atoms with Crippen LogP contribution in [0.25, 0.3) is 0 Å². The average molecular weight is 264 g/mol. The zero-order chi connectivity index (χ0) is 13.9. The molecule has 2 heteroatoms. The van der Waals surface area contributed by atoms with Crippen molar-refractivity contribution in [2.45, 2.75) is 71.7 Å². The summed E-state index contributed by atoms with van der Waals surface area (Å²) in [5.41, 5.74) is 2.34. The quantitative estimate of drug-likeness (QED) is 0.657. The van der Waals surface area contributed by atoms with Crippen molar-refractivity contribution in [2.75, 3.05) is 7.11 Å². The van der Waals surface area contributed by atoms with Crippen LogP contribution in [0.4, 0.5) is 0 Å². The fourth-order valence-electron chi connectivity index (χ4n) is 5.26. The van der Waals surface area contributed by atoms with E-state index in [-0.39, 0.29) is 11.9 Å². The monoisotopic (exact) mass is 264 g/mol. The van der Waals surface area contributed by atoms with Crippen LogP contribution in [0.1, 0.15) is 59.8 Å². The maximum atomic E-state index is 6.22. The second-order valence-corrected chi connectivity index (χ2v) is 7.86. The summed E-state index contributed by atoms with van der Waals surface area (Å²) >= 11 is 0. The summed E-state index contributed by atoms with van der Waals surface area (Å²) in [4.78, 5) is 0. The van der Waals surface area contributed by atoms with Gasteiger partial charge in [0.25, 0.3) is 0 Å². The Hall–Kier alpha value is -0.340. The van der Waals surface area contributed by atoms with Crippen molar-refractivity contribution in [3.8, 4) is 0 Å². The lowest BCUT2D eigenvalue weighted by Crippen LogP contribution is -2.50. The molecular formula is C17H28O2. The number of ether oxygens (including phenoxy) is 2. The van der Waals surface area contributed by atoms with E-state index in [1.165, 1.54) is 19.3 Å². The molecular weight excluding hydrogens is 236 g/mol. The van der Waals surface area contributed by atoms with E-state index in [9.17, 15) is 0 Å². The molecule has 0 spiro atoms. The predicted molar refractivity (Wildman–Crippen MR) is 76.8 cm³/mol. The van der Waals surface area contributed by atoms with Crippen molar-refractivity contribution in [1.82, 2.24) is 0 Å². The van der Waals surface area contributed by atoms with Gasteiger partial charge in [-0.3, -0.25) is 0 Å². The maximum Gasteiger partial charge on any atom is 0.158 e. The highest BCUT2D eigenvalue weighted by molar-refractivity contribution is 5.31. The first kappa shape index (κ1) is 13.6. The Balaban J connectivity index is 2.01. The molecule has 0 aromatic rings. The number of allylic oxidation sites excluding steroid dienone is 1. The van der Waals surface area contributed by atoms with Gasteiger partial charge in [0.05, 0.1) is 5.60 Å². The molecule has 19 heavy (non-hydrogen) atoms. The standard InChI is InChI=1S/C17H28O2/c1-15(2)8-6-9-16(3)12(15)7-10-17(4)13(16)11-14(18-5)19-17/h7,13-14H,6,8-11H2,1-5H3/t13-,14?,16+,17-/m1/s1. The van der Waals surface area contributed by atoms with E-state index in [1.807, 2.05) is 0 Å². The van der Waals surface area contributed by atoms with Gasteiger partial charge in [-0.2, -0.15) is 0 Å². The van der Waals surface area contributed by atoms with E-state index >= 15 is 0 Å². The first-order chi connectivity index (χ1) is 8.82. The molecule has 0 N–H and O–H groups in total. The third-order valence-corrected chi connectivity index (χ3v) is 6.15. The van der Waals surface area contributed by atoms with Crippen LogP contribution in [-0.2, 0) is 9.47 Å². The molecule has 108 valence electrons. The summed E-state index contributed by atoms with van der Waals surface area (Å²) in [6.07, 6.45) is 8.56. The lowest BCUT2D eigenvalue weighted by Gasteiger charge is -2.55. The first-order valence-corrected chi connectivity index (χ1v) is 7.74. The SMILES string of the molecule is COC1C[C@H]2[C@@](C)(CC=C3C(C)(C)CCC[C@@]32C)O1. The Morgan fingerprint density at radius 2 is 1.95 bits per heavy atom. The molecule has 0 amide bonds. The molecule has 1 saturated heterocycles. The van der Waals surface area contributed by atoms with Gasteiger partial charge >= 0.3 is 0 Å². The van der Waals surface area contributed by atoms with Gasteiger partial charge in [0.1, 0.15) is 0 Å². The molecule has 2 nitrogen and oxygen atoms in total. The normalized spacial score (nSPS) is 48.4. The molecule has 2 aliphatic carbocycles. The van der Waals surface area contributed by atoms with E-state index in [2.05, 4.69) is 33.8 Å². The molecule has 4 atom stereocenters. The lowest BCUT2D eigenvalue weighted by molar-refractivity contribution is -0.158. The number of hydrogen-bond donors (Lipinski definition) is 0. The highest BCUT2D eigenvalue weighted by atomic mass is 16.7. The highest BCUT2D eigenvalue weighted by Crippen LogP contribution is 2.63. The Labute approximate surface area is 117 Å². The number of fused-ring (bicyclic) bond motifs is 3. The fraction of sp³-hybridized carbons (Fsp3) is 0.882. The molecule has 0 aromatic heterocycles. The Morgan fingerprint density at radius 1 is 1.21 bits per heavy atom. The third kappa shape index (κ3) is 1.83. The topological polar surface area (TPSA) is 18.5 Å². The molecule has 0 aromatic carbocycles. The molecule has 3 rings (SSSR count). The largest absolute Gasteiger partial charge is 0.356 e. The van der Waals surface area contributed by atoms with Crippen LogP contribution in [0.15, 0.2) is 11.6 Å². The van der Waals surface area contributed by atoms with Gasteiger partial charge in [0, 0.05) is 19.4 Å². The Morgan fingerprint density at radius 3 is 2.63 bits per heavy atom. The van der Waals surface area contributed by atoms with Crippen LogP contribution in [0, 0.1) is 16.7 Å². The van der Waals surface area contributed by atoms with Gasteiger partial charge in [-0.05, 0) is 37.0 Å². The zero-order valence-electron chi connectivity index (χ0n) is 13.1. The molecule has 0 bridgehead atoms. The van der Waals surface area contributed by atoms with Crippen molar-refractivity contribution in [2.24, 2.45) is 16.7 Å².